The van der Waals surface area contributed by atoms with Gasteiger partial charge in [-0.25, -0.2) is 9.50 Å². The van der Waals surface area contributed by atoms with Gasteiger partial charge < -0.3 is 11.1 Å². The summed E-state index contributed by atoms with van der Waals surface area (Å²) in [5, 5.41) is 21.6. The molecule has 1 aliphatic rings. The SMILES string of the molecule is N#CCC1(n2cc(C(N)=O)c(Nc3ccnc(F)c3)n2)CCN(Cc2cnn3ccccc23)CC1. The summed E-state index contributed by atoms with van der Waals surface area (Å²) >= 11 is 0. The van der Waals surface area contributed by atoms with Crippen LogP contribution >= 0.6 is 0 Å². The fourth-order valence-electron chi connectivity index (χ4n) is 4.62. The van der Waals surface area contributed by atoms with Gasteiger partial charge in [0.15, 0.2) is 5.82 Å². The zero-order valence-electron chi connectivity index (χ0n) is 18.9. The monoisotopic (exact) mass is 473 g/mol. The molecule has 3 N–H and O–H groups in total. The Morgan fingerprint density at radius 1 is 1.29 bits per heavy atom. The van der Waals surface area contributed by atoms with E-state index in [9.17, 15) is 14.4 Å². The third kappa shape index (κ3) is 4.43. The molecule has 0 spiro atoms. The van der Waals surface area contributed by atoms with E-state index in [-0.39, 0.29) is 17.8 Å². The van der Waals surface area contributed by atoms with Gasteiger partial charge in [0.2, 0.25) is 5.95 Å². The van der Waals surface area contributed by atoms with Gasteiger partial charge in [0, 0.05) is 55.5 Å². The number of carbonyl (C=O) groups excluding carboxylic acids is 1. The standard InChI is InChI=1S/C24H24FN9O/c25-21-13-18(4-9-28-21)30-23-19(22(27)35)16-34(31-23)24(5-8-26)6-11-32(12-7-24)15-17-14-29-33-10-2-1-3-20(17)33/h1-4,9-10,13-14,16H,5-7,11-12,15H2,(H2,27,35)(H,28,30,31). The van der Waals surface area contributed by atoms with E-state index in [2.05, 4.69) is 31.5 Å². The molecule has 1 saturated heterocycles. The maximum atomic E-state index is 13.5. The molecule has 178 valence electrons. The Hall–Kier alpha value is -4.30. The second kappa shape index (κ2) is 9.15. The number of aromatic nitrogens is 5. The third-order valence-corrected chi connectivity index (χ3v) is 6.55. The Morgan fingerprint density at radius 2 is 2.11 bits per heavy atom. The highest BCUT2D eigenvalue weighted by Gasteiger charge is 2.38. The number of hydrogen-bond acceptors (Lipinski definition) is 7. The van der Waals surface area contributed by atoms with Crippen LogP contribution in [0.3, 0.4) is 0 Å². The average Bonchev–Trinajstić information content (AvgIpc) is 3.46. The lowest BCUT2D eigenvalue weighted by Gasteiger charge is -2.40. The Bertz CT molecular complexity index is 1410. The van der Waals surface area contributed by atoms with Crippen LogP contribution < -0.4 is 11.1 Å². The molecule has 5 heterocycles. The minimum absolute atomic E-state index is 0.174. The van der Waals surface area contributed by atoms with Gasteiger partial charge in [-0.1, -0.05) is 6.07 Å². The number of hydrogen-bond donors (Lipinski definition) is 2. The van der Waals surface area contributed by atoms with E-state index in [0.29, 0.717) is 18.5 Å². The van der Waals surface area contributed by atoms with Crippen LogP contribution in [0.25, 0.3) is 5.52 Å². The molecule has 35 heavy (non-hydrogen) atoms. The zero-order valence-corrected chi connectivity index (χ0v) is 18.9. The van der Waals surface area contributed by atoms with E-state index in [1.54, 1.807) is 16.9 Å². The first-order chi connectivity index (χ1) is 17.0. The summed E-state index contributed by atoms with van der Waals surface area (Å²) in [5.74, 6) is -1.10. The van der Waals surface area contributed by atoms with E-state index < -0.39 is 17.4 Å². The quantitative estimate of drug-likeness (QED) is 0.395. The Kier molecular flexibility index (Phi) is 5.88. The minimum Gasteiger partial charge on any atom is -0.365 e. The number of nitrogens with two attached hydrogens (primary N) is 1. The van der Waals surface area contributed by atoms with Gasteiger partial charge in [-0.3, -0.25) is 14.4 Å². The van der Waals surface area contributed by atoms with Crippen LogP contribution in [0.15, 0.2) is 55.1 Å². The molecule has 0 radical (unpaired) electrons. The summed E-state index contributed by atoms with van der Waals surface area (Å²) in [6.45, 7) is 2.24. The first kappa shape index (κ1) is 22.5. The number of nitrogens with zero attached hydrogens (tertiary/aromatic N) is 7. The van der Waals surface area contributed by atoms with Gasteiger partial charge in [-0.2, -0.15) is 19.8 Å². The summed E-state index contributed by atoms with van der Waals surface area (Å²) in [5.41, 5.74) is 7.80. The molecule has 1 aliphatic heterocycles. The number of rotatable bonds is 7. The molecule has 0 aromatic carbocycles. The van der Waals surface area contributed by atoms with Gasteiger partial charge in [0.25, 0.3) is 5.91 Å². The normalized spacial score (nSPS) is 15.7. The van der Waals surface area contributed by atoms with Gasteiger partial charge in [-0.15, -0.1) is 0 Å². The zero-order chi connectivity index (χ0) is 24.4. The van der Waals surface area contributed by atoms with Crippen LogP contribution in [0.5, 0.6) is 0 Å². The fourth-order valence-corrected chi connectivity index (χ4v) is 4.62. The Balaban J connectivity index is 1.37. The number of nitriles is 1. The first-order valence-electron chi connectivity index (χ1n) is 11.3. The summed E-state index contributed by atoms with van der Waals surface area (Å²) in [4.78, 5) is 18.0. The highest BCUT2D eigenvalue weighted by Crippen LogP contribution is 2.35. The lowest BCUT2D eigenvalue weighted by atomic mass is 9.84. The molecular weight excluding hydrogens is 449 g/mol. The van der Waals surface area contributed by atoms with E-state index in [0.717, 1.165) is 30.7 Å². The summed E-state index contributed by atoms with van der Waals surface area (Å²) in [6, 6.07) is 11.0. The van der Waals surface area contributed by atoms with E-state index in [4.69, 9.17) is 5.73 Å². The van der Waals surface area contributed by atoms with Crippen LogP contribution in [0, 0.1) is 17.3 Å². The Labute approximate surface area is 200 Å². The van der Waals surface area contributed by atoms with Gasteiger partial charge in [0.1, 0.15) is 5.56 Å². The van der Waals surface area contributed by atoms with Crippen molar-refractivity contribution in [1.29, 1.82) is 5.26 Å². The van der Waals surface area contributed by atoms with Gasteiger partial charge >= 0.3 is 0 Å². The van der Waals surface area contributed by atoms with Crippen molar-refractivity contribution in [3.05, 3.63) is 72.2 Å². The third-order valence-electron chi connectivity index (χ3n) is 6.55. The Morgan fingerprint density at radius 3 is 2.86 bits per heavy atom. The molecular formula is C24H24FN9O. The second-order valence-corrected chi connectivity index (χ2v) is 8.73. The number of fused-ring (bicyclic) bond motifs is 1. The van der Waals surface area contributed by atoms with Crippen molar-refractivity contribution in [3.63, 3.8) is 0 Å². The lowest BCUT2D eigenvalue weighted by molar-refractivity contribution is 0.0969. The summed E-state index contributed by atoms with van der Waals surface area (Å²) in [7, 11) is 0. The van der Waals surface area contributed by atoms with Gasteiger partial charge in [-0.05, 0) is 31.0 Å². The molecule has 5 rings (SSSR count). The van der Waals surface area contributed by atoms with Crippen molar-refractivity contribution in [2.45, 2.75) is 31.3 Å². The number of primary amides is 1. The molecule has 0 atom stereocenters. The number of nitrogens with one attached hydrogen (secondary N) is 1. The molecule has 4 aromatic heterocycles. The average molecular weight is 474 g/mol. The van der Waals surface area contributed by atoms with Crippen LogP contribution in [0.1, 0.15) is 35.2 Å². The topological polar surface area (TPSA) is 130 Å². The number of likely N-dealkylation sites (tertiary alicyclic amines) is 1. The highest BCUT2D eigenvalue weighted by molar-refractivity contribution is 5.98. The predicted octanol–water partition coefficient (Wildman–Crippen LogP) is 2.81. The van der Waals surface area contributed by atoms with Crippen LogP contribution in [-0.2, 0) is 12.1 Å². The molecule has 0 saturated carbocycles. The number of carbonyl (C=O) groups is 1. The minimum atomic E-state index is -0.661. The predicted molar refractivity (Wildman–Crippen MR) is 126 cm³/mol. The second-order valence-electron chi connectivity index (χ2n) is 8.73. The molecule has 0 unspecified atom stereocenters. The highest BCUT2D eigenvalue weighted by atomic mass is 19.1. The van der Waals surface area contributed by atoms with Crippen LogP contribution in [0.2, 0.25) is 0 Å². The number of amides is 1. The number of piperidine rings is 1. The van der Waals surface area contributed by atoms with Crippen molar-refractivity contribution >= 4 is 22.9 Å². The van der Waals surface area contributed by atoms with E-state index >= 15 is 0 Å². The molecule has 0 aliphatic carbocycles. The van der Waals surface area contributed by atoms with E-state index in [1.165, 1.54) is 12.3 Å². The number of anilines is 2. The van der Waals surface area contributed by atoms with Crippen molar-refractivity contribution in [1.82, 2.24) is 29.3 Å². The molecule has 10 nitrogen and oxygen atoms in total. The van der Waals surface area contributed by atoms with Crippen molar-refractivity contribution in [2.24, 2.45) is 5.73 Å². The van der Waals surface area contributed by atoms with E-state index in [1.807, 2.05) is 35.1 Å². The molecule has 4 aromatic rings. The number of halogens is 1. The lowest BCUT2D eigenvalue weighted by Crippen LogP contribution is -2.46. The molecule has 11 heteroatoms. The molecule has 1 fully saturated rings. The molecule has 0 bridgehead atoms. The fraction of sp³-hybridized carbons (Fsp3) is 0.292. The smallest absolute Gasteiger partial charge is 0.254 e. The molecule has 1 amide bonds. The largest absolute Gasteiger partial charge is 0.365 e. The van der Waals surface area contributed by atoms with Crippen molar-refractivity contribution in [2.75, 3.05) is 18.4 Å². The van der Waals surface area contributed by atoms with Gasteiger partial charge in [0.05, 0.1) is 29.7 Å². The first-order valence-corrected chi connectivity index (χ1v) is 11.3. The maximum Gasteiger partial charge on any atom is 0.254 e. The number of pyridine rings is 2. The van der Waals surface area contributed by atoms with Crippen LogP contribution in [-0.4, -0.2) is 48.3 Å². The van der Waals surface area contributed by atoms with Crippen LogP contribution in [0.4, 0.5) is 15.9 Å². The maximum absolute atomic E-state index is 13.5. The van der Waals surface area contributed by atoms with Crippen molar-refractivity contribution < 1.29 is 9.18 Å². The summed E-state index contributed by atoms with van der Waals surface area (Å²) in [6.07, 6.45) is 8.29. The van der Waals surface area contributed by atoms with Crippen molar-refractivity contribution in [3.8, 4) is 6.07 Å². The summed E-state index contributed by atoms with van der Waals surface area (Å²) < 4.78 is 17.1.